The highest BCUT2D eigenvalue weighted by atomic mass is 32.2. The molecule has 0 saturated carbocycles. The summed E-state index contributed by atoms with van der Waals surface area (Å²) in [6.07, 6.45) is 0. The Balaban J connectivity index is 1.62. The van der Waals surface area contributed by atoms with Crippen LogP contribution in [0.25, 0.3) is 11.3 Å². The first kappa shape index (κ1) is 22.6. The molecule has 0 fully saturated rings. The quantitative estimate of drug-likeness (QED) is 0.468. The lowest BCUT2D eigenvalue weighted by Gasteiger charge is -2.11. The number of amides is 2. The van der Waals surface area contributed by atoms with Gasteiger partial charge in [0, 0.05) is 28.5 Å². The SMILES string of the molecule is COc1ccc(-c2csc(NC(=O)C(C)Sc3ccc(NC(C)=O)cc3)n2)cc1OC. The van der Waals surface area contributed by atoms with Gasteiger partial charge in [-0.15, -0.1) is 23.1 Å². The molecule has 9 heteroatoms. The Morgan fingerprint density at radius 3 is 2.39 bits per heavy atom. The van der Waals surface area contributed by atoms with Gasteiger partial charge >= 0.3 is 0 Å². The number of anilines is 2. The molecule has 0 aliphatic rings. The highest BCUT2D eigenvalue weighted by Gasteiger charge is 2.17. The monoisotopic (exact) mass is 457 g/mol. The van der Waals surface area contributed by atoms with Crippen LogP contribution >= 0.6 is 23.1 Å². The average Bonchev–Trinajstić information content (AvgIpc) is 3.22. The van der Waals surface area contributed by atoms with Crippen LogP contribution in [0.2, 0.25) is 0 Å². The Labute approximate surface area is 189 Å². The van der Waals surface area contributed by atoms with E-state index < -0.39 is 0 Å². The minimum atomic E-state index is -0.319. The van der Waals surface area contributed by atoms with Crippen LogP contribution in [0, 0.1) is 0 Å². The fourth-order valence-corrected chi connectivity index (χ4v) is 4.33. The zero-order valence-electron chi connectivity index (χ0n) is 17.6. The molecule has 0 bridgehead atoms. The molecule has 31 heavy (non-hydrogen) atoms. The largest absolute Gasteiger partial charge is 0.493 e. The maximum absolute atomic E-state index is 12.6. The van der Waals surface area contributed by atoms with Gasteiger partial charge in [0.25, 0.3) is 0 Å². The van der Waals surface area contributed by atoms with E-state index in [4.69, 9.17) is 9.47 Å². The van der Waals surface area contributed by atoms with Crippen LogP contribution in [0.3, 0.4) is 0 Å². The standard InChI is InChI=1S/C22H23N3O4S2/c1-13(31-17-8-6-16(7-9-17)23-14(2)26)21(27)25-22-24-18(12-30-22)15-5-10-19(28-3)20(11-15)29-4/h5-13H,1-4H3,(H,23,26)(H,24,25,27). The van der Waals surface area contributed by atoms with Crippen LogP contribution < -0.4 is 20.1 Å². The lowest BCUT2D eigenvalue weighted by Crippen LogP contribution is -2.22. The molecule has 1 atom stereocenters. The van der Waals surface area contributed by atoms with E-state index in [-0.39, 0.29) is 17.1 Å². The third-order valence-electron chi connectivity index (χ3n) is 4.27. The number of thioether (sulfide) groups is 1. The Kier molecular flexibility index (Phi) is 7.54. The molecule has 1 aromatic heterocycles. The predicted molar refractivity (Wildman–Crippen MR) is 125 cm³/mol. The second-order valence-electron chi connectivity index (χ2n) is 6.56. The zero-order chi connectivity index (χ0) is 22.4. The van der Waals surface area contributed by atoms with Gasteiger partial charge in [-0.1, -0.05) is 0 Å². The van der Waals surface area contributed by atoms with Crippen molar-refractivity contribution in [3.63, 3.8) is 0 Å². The van der Waals surface area contributed by atoms with E-state index in [1.165, 1.54) is 30.0 Å². The lowest BCUT2D eigenvalue weighted by molar-refractivity contribution is -0.115. The highest BCUT2D eigenvalue weighted by molar-refractivity contribution is 8.00. The minimum Gasteiger partial charge on any atom is -0.493 e. The number of hydrogen-bond donors (Lipinski definition) is 2. The zero-order valence-corrected chi connectivity index (χ0v) is 19.2. The lowest BCUT2D eigenvalue weighted by atomic mass is 10.1. The molecule has 7 nitrogen and oxygen atoms in total. The van der Waals surface area contributed by atoms with Crippen LogP contribution in [0.4, 0.5) is 10.8 Å². The Morgan fingerprint density at radius 2 is 1.74 bits per heavy atom. The third kappa shape index (κ3) is 5.99. The van der Waals surface area contributed by atoms with Crippen LogP contribution in [-0.4, -0.2) is 36.3 Å². The summed E-state index contributed by atoms with van der Waals surface area (Å²) in [6.45, 7) is 3.30. The van der Waals surface area contributed by atoms with Crippen LogP contribution in [0.1, 0.15) is 13.8 Å². The van der Waals surface area contributed by atoms with Crippen molar-refractivity contribution in [1.29, 1.82) is 0 Å². The fraction of sp³-hybridized carbons (Fsp3) is 0.227. The number of rotatable bonds is 8. The van der Waals surface area contributed by atoms with Crippen molar-refractivity contribution < 1.29 is 19.1 Å². The van der Waals surface area contributed by atoms with Crippen molar-refractivity contribution >= 4 is 45.7 Å². The highest BCUT2D eigenvalue weighted by Crippen LogP contribution is 2.34. The molecule has 2 aromatic carbocycles. The number of nitrogens with one attached hydrogen (secondary N) is 2. The normalized spacial score (nSPS) is 11.5. The summed E-state index contributed by atoms with van der Waals surface area (Å²) in [6, 6.07) is 12.9. The van der Waals surface area contributed by atoms with E-state index in [1.807, 2.05) is 54.8 Å². The van der Waals surface area contributed by atoms with E-state index in [0.29, 0.717) is 16.6 Å². The van der Waals surface area contributed by atoms with Gasteiger partial charge in [-0.25, -0.2) is 4.98 Å². The molecule has 0 radical (unpaired) electrons. The van der Waals surface area contributed by atoms with Gasteiger partial charge in [0.05, 0.1) is 25.2 Å². The van der Waals surface area contributed by atoms with E-state index in [2.05, 4.69) is 15.6 Å². The van der Waals surface area contributed by atoms with Gasteiger partial charge in [-0.3, -0.25) is 9.59 Å². The van der Waals surface area contributed by atoms with E-state index >= 15 is 0 Å². The number of ether oxygens (including phenoxy) is 2. The van der Waals surface area contributed by atoms with Gasteiger partial charge in [-0.05, 0) is 49.4 Å². The Hall–Kier alpha value is -3.04. The van der Waals surface area contributed by atoms with Crippen molar-refractivity contribution in [3.05, 3.63) is 47.8 Å². The molecular weight excluding hydrogens is 434 g/mol. The van der Waals surface area contributed by atoms with Crippen LogP contribution in [0.5, 0.6) is 11.5 Å². The van der Waals surface area contributed by atoms with Gasteiger partial charge in [0.2, 0.25) is 11.8 Å². The fourth-order valence-electron chi connectivity index (χ4n) is 2.74. The number of nitrogens with zero attached hydrogens (tertiary/aromatic N) is 1. The predicted octanol–water partition coefficient (Wildman–Crippen LogP) is 4.91. The molecule has 3 rings (SSSR count). The molecule has 3 aromatic rings. The number of methoxy groups -OCH3 is 2. The number of carbonyl (C=O) groups is 2. The summed E-state index contributed by atoms with van der Waals surface area (Å²) in [5.74, 6) is 1.01. The van der Waals surface area contributed by atoms with Crippen molar-refractivity contribution in [3.8, 4) is 22.8 Å². The molecule has 0 aliphatic heterocycles. The second kappa shape index (κ2) is 10.3. The molecule has 0 saturated heterocycles. The number of aromatic nitrogens is 1. The van der Waals surface area contributed by atoms with Gasteiger partial charge in [-0.2, -0.15) is 0 Å². The molecule has 1 unspecified atom stereocenters. The molecule has 2 amide bonds. The van der Waals surface area contributed by atoms with Crippen molar-refractivity contribution in [1.82, 2.24) is 4.98 Å². The number of benzene rings is 2. The number of hydrogen-bond acceptors (Lipinski definition) is 7. The summed E-state index contributed by atoms with van der Waals surface area (Å²) in [5, 5.41) is 7.69. The van der Waals surface area contributed by atoms with Crippen molar-refractivity contribution in [2.45, 2.75) is 24.0 Å². The van der Waals surface area contributed by atoms with E-state index in [1.54, 1.807) is 14.2 Å². The first-order chi connectivity index (χ1) is 14.9. The number of thiazole rings is 1. The first-order valence-corrected chi connectivity index (χ1v) is 11.2. The Morgan fingerprint density at radius 1 is 1.03 bits per heavy atom. The summed E-state index contributed by atoms with van der Waals surface area (Å²) < 4.78 is 10.6. The summed E-state index contributed by atoms with van der Waals surface area (Å²) in [5.41, 5.74) is 2.34. The molecule has 0 aliphatic carbocycles. The maximum atomic E-state index is 12.6. The first-order valence-electron chi connectivity index (χ1n) is 9.42. The van der Waals surface area contributed by atoms with Crippen molar-refractivity contribution in [2.75, 3.05) is 24.9 Å². The van der Waals surface area contributed by atoms with Gasteiger partial charge < -0.3 is 20.1 Å². The average molecular weight is 458 g/mol. The maximum Gasteiger partial charge on any atom is 0.239 e. The third-order valence-corrected chi connectivity index (χ3v) is 6.14. The van der Waals surface area contributed by atoms with Gasteiger partial charge in [0.1, 0.15) is 0 Å². The van der Waals surface area contributed by atoms with Crippen LogP contribution in [0.15, 0.2) is 52.7 Å². The van der Waals surface area contributed by atoms with Gasteiger partial charge in [0.15, 0.2) is 16.6 Å². The molecule has 1 heterocycles. The van der Waals surface area contributed by atoms with E-state index in [9.17, 15) is 9.59 Å². The summed E-state index contributed by atoms with van der Waals surface area (Å²) >= 11 is 2.80. The summed E-state index contributed by atoms with van der Waals surface area (Å²) in [4.78, 5) is 29.2. The molecule has 2 N–H and O–H groups in total. The Bertz CT molecular complexity index is 1070. The number of carbonyl (C=O) groups excluding carboxylic acids is 2. The van der Waals surface area contributed by atoms with E-state index in [0.717, 1.165) is 21.8 Å². The van der Waals surface area contributed by atoms with Crippen molar-refractivity contribution in [2.24, 2.45) is 0 Å². The molecular formula is C22H23N3O4S2. The second-order valence-corrected chi connectivity index (χ2v) is 8.83. The minimum absolute atomic E-state index is 0.121. The van der Waals surface area contributed by atoms with Crippen LogP contribution in [-0.2, 0) is 9.59 Å². The smallest absolute Gasteiger partial charge is 0.239 e. The summed E-state index contributed by atoms with van der Waals surface area (Å²) in [7, 11) is 3.17. The molecule has 0 spiro atoms. The topological polar surface area (TPSA) is 89.6 Å². The molecule has 162 valence electrons.